The van der Waals surface area contributed by atoms with E-state index < -0.39 is 25.3 Å². The van der Waals surface area contributed by atoms with Gasteiger partial charge in [0, 0.05) is 5.69 Å². The van der Waals surface area contributed by atoms with Crippen molar-refractivity contribution in [2.45, 2.75) is 6.18 Å². The van der Waals surface area contributed by atoms with Crippen molar-refractivity contribution in [2.24, 2.45) is 0 Å². The van der Waals surface area contributed by atoms with Crippen LogP contribution in [0.1, 0.15) is 0 Å². The number of amides is 1. The zero-order valence-corrected chi connectivity index (χ0v) is 9.81. The lowest BCUT2D eigenvalue weighted by Crippen LogP contribution is -2.24. The molecule has 8 heteroatoms. The Morgan fingerprint density at radius 3 is 2.72 bits per heavy atom. The molecule has 0 heterocycles. The molecule has 1 aromatic carbocycles. The maximum absolute atomic E-state index is 11.8. The molecule has 0 aliphatic rings. The van der Waals surface area contributed by atoms with E-state index in [1.54, 1.807) is 0 Å². The summed E-state index contributed by atoms with van der Waals surface area (Å²) in [5, 5.41) is 2.52. The predicted molar refractivity (Wildman–Crippen MR) is 61.4 cm³/mol. The lowest BCUT2D eigenvalue weighted by Gasteiger charge is -2.09. The van der Waals surface area contributed by atoms with Crippen LogP contribution in [0.2, 0.25) is 5.02 Å². The Hall–Kier alpha value is -1.47. The molecule has 0 aliphatic heterocycles. The number of anilines is 2. The minimum absolute atomic E-state index is 0.220. The third-order valence-corrected chi connectivity index (χ3v) is 2.09. The number of nitrogen functional groups attached to an aromatic ring is 1. The summed E-state index contributed by atoms with van der Waals surface area (Å²) in [4.78, 5) is 11.3. The molecule has 100 valence electrons. The fourth-order valence-corrected chi connectivity index (χ4v) is 1.25. The summed E-state index contributed by atoms with van der Waals surface area (Å²) in [5.41, 5.74) is 6.06. The third kappa shape index (κ3) is 5.24. The average molecular weight is 283 g/mol. The fraction of sp³-hybridized carbons (Fsp3) is 0.300. The molecule has 3 N–H and O–H groups in total. The Morgan fingerprint density at radius 1 is 1.44 bits per heavy atom. The van der Waals surface area contributed by atoms with Gasteiger partial charge in [0.05, 0.1) is 10.7 Å². The van der Waals surface area contributed by atoms with Crippen molar-refractivity contribution in [3.8, 4) is 0 Å². The minimum Gasteiger partial charge on any atom is -0.399 e. The van der Waals surface area contributed by atoms with E-state index in [0.29, 0.717) is 5.69 Å². The van der Waals surface area contributed by atoms with E-state index in [9.17, 15) is 18.0 Å². The SMILES string of the molecule is Nc1ccc(Cl)c(NC(=O)COCC(F)(F)F)c1. The van der Waals surface area contributed by atoms with Crippen molar-refractivity contribution in [1.29, 1.82) is 0 Å². The maximum Gasteiger partial charge on any atom is 0.411 e. The molecule has 0 aromatic heterocycles. The highest BCUT2D eigenvalue weighted by molar-refractivity contribution is 6.33. The summed E-state index contributed by atoms with van der Waals surface area (Å²) in [6.45, 7) is -2.20. The van der Waals surface area contributed by atoms with Crippen molar-refractivity contribution in [3.63, 3.8) is 0 Å². The Bertz CT molecular complexity index is 438. The van der Waals surface area contributed by atoms with Crippen molar-refractivity contribution in [3.05, 3.63) is 23.2 Å². The molecule has 0 aliphatic carbocycles. The summed E-state index contributed by atoms with van der Waals surface area (Å²) in [6, 6.07) is 4.38. The monoisotopic (exact) mass is 282 g/mol. The van der Waals surface area contributed by atoms with E-state index >= 15 is 0 Å². The van der Waals surface area contributed by atoms with Gasteiger partial charge in [0.25, 0.3) is 0 Å². The van der Waals surface area contributed by atoms with Crippen LogP contribution in [-0.4, -0.2) is 25.3 Å². The number of nitrogens with one attached hydrogen (secondary N) is 1. The second kappa shape index (κ2) is 5.92. The quantitative estimate of drug-likeness (QED) is 0.834. The molecule has 0 fully saturated rings. The first-order chi connectivity index (χ1) is 8.28. The topological polar surface area (TPSA) is 64.3 Å². The summed E-state index contributed by atoms with van der Waals surface area (Å²) < 4.78 is 39.5. The first-order valence-electron chi connectivity index (χ1n) is 4.77. The number of alkyl halides is 3. The highest BCUT2D eigenvalue weighted by Gasteiger charge is 2.27. The largest absolute Gasteiger partial charge is 0.411 e. The van der Waals surface area contributed by atoms with Gasteiger partial charge in [0.1, 0.15) is 13.2 Å². The van der Waals surface area contributed by atoms with E-state index in [4.69, 9.17) is 17.3 Å². The Morgan fingerprint density at radius 2 is 2.11 bits per heavy atom. The molecule has 0 spiro atoms. The van der Waals surface area contributed by atoms with Crippen LogP contribution in [0.15, 0.2) is 18.2 Å². The molecule has 0 saturated heterocycles. The van der Waals surface area contributed by atoms with E-state index in [2.05, 4.69) is 10.1 Å². The average Bonchev–Trinajstić information content (AvgIpc) is 2.21. The van der Waals surface area contributed by atoms with Crippen molar-refractivity contribution >= 4 is 28.9 Å². The van der Waals surface area contributed by atoms with Gasteiger partial charge in [-0.2, -0.15) is 13.2 Å². The van der Waals surface area contributed by atoms with Crippen molar-refractivity contribution in [1.82, 2.24) is 0 Å². The predicted octanol–water partition coefficient (Wildman–Crippen LogP) is 2.44. The van der Waals surface area contributed by atoms with Crippen LogP contribution in [0.3, 0.4) is 0 Å². The molecule has 1 aromatic rings. The standard InChI is InChI=1S/C10H10ClF3N2O2/c11-7-2-1-6(15)3-8(7)16-9(17)4-18-5-10(12,13)14/h1-3H,4-5,15H2,(H,16,17). The summed E-state index contributed by atoms with van der Waals surface area (Å²) in [7, 11) is 0. The van der Waals surface area contributed by atoms with Gasteiger partial charge < -0.3 is 15.8 Å². The molecule has 0 atom stereocenters. The van der Waals surface area contributed by atoms with Crippen LogP contribution in [0.5, 0.6) is 0 Å². The van der Waals surface area contributed by atoms with Gasteiger partial charge in [0.15, 0.2) is 0 Å². The van der Waals surface area contributed by atoms with Gasteiger partial charge >= 0.3 is 6.18 Å². The zero-order valence-electron chi connectivity index (χ0n) is 9.05. The van der Waals surface area contributed by atoms with E-state index in [0.717, 1.165) is 0 Å². The number of nitrogens with two attached hydrogens (primary N) is 1. The van der Waals surface area contributed by atoms with Crippen LogP contribution in [0, 0.1) is 0 Å². The number of carbonyl (C=O) groups is 1. The molecule has 1 amide bonds. The summed E-state index contributed by atoms with van der Waals surface area (Å²) in [6.07, 6.45) is -4.46. The minimum atomic E-state index is -4.46. The van der Waals surface area contributed by atoms with E-state index in [-0.39, 0.29) is 10.7 Å². The molecule has 0 radical (unpaired) electrons. The van der Waals surface area contributed by atoms with Crippen molar-refractivity contribution in [2.75, 3.05) is 24.3 Å². The van der Waals surface area contributed by atoms with Gasteiger partial charge in [-0.05, 0) is 18.2 Å². The molecule has 0 unspecified atom stereocenters. The highest BCUT2D eigenvalue weighted by atomic mass is 35.5. The van der Waals surface area contributed by atoms with Crippen LogP contribution < -0.4 is 11.1 Å². The molecule has 1 rings (SSSR count). The number of benzene rings is 1. The second-order valence-electron chi connectivity index (χ2n) is 3.40. The van der Waals surface area contributed by atoms with Gasteiger partial charge in [0.2, 0.25) is 5.91 Å². The Kier molecular flexibility index (Phi) is 4.80. The highest BCUT2D eigenvalue weighted by Crippen LogP contribution is 2.24. The smallest absolute Gasteiger partial charge is 0.399 e. The number of hydrogen-bond donors (Lipinski definition) is 2. The van der Waals surface area contributed by atoms with Gasteiger partial charge in [-0.3, -0.25) is 4.79 Å². The number of ether oxygens (including phenoxy) is 1. The lowest BCUT2D eigenvalue weighted by atomic mass is 10.3. The fourth-order valence-electron chi connectivity index (χ4n) is 1.08. The summed E-state index contributed by atoms with van der Waals surface area (Å²) >= 11 is 5.76. The van der Waals surface area contributed by atoms with E-state index in [1.165, 1.54) is 18.2 Å². The first kappa shape index (κ1) is 14.6. The van der Waals surface area contributed by atoms with Crippen molar-refractivity contribution < 1.29 is 22.7 Å². The van der Waals surface area contributed by atoms with Crippen LogP contribution in [0.4, 0.5) is 24.5 Å². The van der Waals surface area contributed by atoms with Gasteiger partial charge in [-0.25, -0.2) is 0 Å². The first-order valence-corrected chi connectivity index (χ1v) is 5.15. The maximum atomic E-state index is 11.8. The molecule has 0 bridgehead atoms. The molecule has 18 heavy (non-hydrogen) atoms. The molecular weight excluding hydrogens is 273 g/mol. The zero-order chi connectivity index (χ0) is 13.8. The Labute approximate surface area is 106 Å². The lowest BCUT2D eigenvalue weighted by molar-refractivity contribution is -0.174. The second-order valence-corrected chi connectivity index (χ2v) is 3.80. The molecular formula is C10H10ClF3N2O2. The summed E-state index contributed by atoms with van der Waals surface area (Å²) in [5.74, 6) is -0.744. The third-order valence-electron chi connectivity index (χ3n) is 1.76. The van der Waals surface area contributed by atoms with Gasteiger partial charge in [-0.15, -0.1) is 0 Å². The molecule has 0 saturated carbocycles. The van der Waals surface area contributed by atoms with Crippen LogP contribution in [-0.2, 0) is 9.53 Å². The van der Waals surface area contributed by atoms with E-state index in [1.807, 2.05) is 0 Å². The van der Waals surface area contributed by atoms with Crippen LogP contribution in [0.25, 0.3) is 0 Å². The normalized spacial score (nSPS) is 11.3. The molecule has 4 nitrogen and oxygen atoms in total. The number of halogens is 4. The van der Waals surface area contributed by atoms with Gasteiger partial charge in [-0.1, -0.05) is 11.6 Å². The number of hydrogen-bond acceptors (Lipinski definition) is 3. The van der Waals surface area contributed by atoms with Crippen LogP contribution >= 0.6 is 11.6 Å². The Balaban J connectivity index is 2.47. The number of rotatable bonds is 4. The number of carbonyl (C=O) groups excluding carboxylic acids is 1.